The van der Waals surface area contributed by atoms with Gasteiger partial charge in [0.2, 0.25) is 5.95 Å². The number of halogens is 2. The first-order valence-electron chi connectivity index (χ1n) is 10.0. The lowest BCUT2D eigenvalue weighted by Crippen LogP contribution is -2.23. The van der Waals surface area contributed by atoms with Gasteiger partial charge in [-0.2, -0.15) is 4.98 Å². The zero-order valence-corrected chi connectivity index (χ0v) is 18.2. The molecule has 3 aromatic rings. The second kappa shape index (κ2) is 10.9. The highest BCUT2D eigenvalue weighted by Gasteiger charge is 2.13. The maximum Gasteiger partial charge on any atom is 0.326 e. The van der Waals surface area contributed by atoms with Crippen molar-refractivity contribution in [3.63, 3.8) is 0 Å². The van der Waals surface area contributed by atoms with Crippen LogP contribution < -0.4 is 27.2 Å². The van der Waals surface area contributed by atoms with Gasteiger partial charge in [0.15, 0.2) is 0 Å². The fraction of sp³-hybridized carbons (Fsp3) is 0.227. The molecule has 0 aliphatic heterocycles. The average molecular weight is 459 g/mol. The Hall–Kier alpha value is -3.27. The van der Waals surface area contributed by atoms with Crippen molar-refractivity contribution in [1.29, 1.82) is 0 Å². The van der Waals surface area contributed by atoms with Crippen LogP contribution in [0.4, 0.5) is 20.8 Å². The molecular weight excluding hydrogens is 435 g/mol. The van der Waals surface area contributed by atoms with Gasteiger partial charge in [-0.15, -0.1) is 0 Å². The van der Waals surface area contributed by atoms with Crippen LogP contribution in [0.3, 0.4) is 0 Å². The van der Waals surface area contributed by atoms with E-state index < -0.39 is 17.4 Å². The molecule has 0 radical (unpaired) electrons. The van der Waals surface area contributed by atoms with Gasteiger partial charge in [-0.05, 0) is 49.7 Å². The first-order valence-corrected chi connectivity index (χ1v) is 10.4. The molecule has 0 aliphatic carbocycles. The summed E-state index contributed by atoms with van der Waals surface area (Å²) < 4.78 is 14.6. The number of urea groups is 1. The molecule has 0 atom stereocenters. The standard InChI is InChI=1S/C22H24ClFN6O2/c1-13-4-2-5-18(19(13)23)28-22(32)30-21-27-12-16(20(31)29-21)15-7-6-14(10-17(15)24)11-26-9-3-8-25/h2,4-7,10,12,26H,3,8-9,11,25H2,1H3,(H3,27,28,29,30,31,32). The predicted molar refractivity (Wildman–Crippen MR) is 124 cm³/mol. The molecule has 32 heavy (non-hydrogen) atoms. The maximum atomic E-state index is 14.6. The molecule has 3 rings (SSSR count). The van der Waals surface area contributed by atoms with Crippen molar-refractivity contribution in [3.8, 4) is 11.1 Å². The van der Waals surface area contributed by atoms with Crippen LogP contribution in [-0.2, 0) is 6.54 Å². The number of carbonyl (C=O) groups is 1. The Morgan fingerprint density at radius 3 is 2.75 bits per heavy atom. The third kappa shape index (κ3) is 5.91. The molecule has 0 aliphatic rings. The van der Waals surface area contributed by atoms with Crippen molar-refractivity contribution < 1.29 is 9.18 Å². The second-order valence-electron chi connectivity index (χ2n) is 7.12. The molecular formula is C22H24ClFN6O2. The van der Waals surface area contributed by atoms with Gasteiger partial charge in [-0.25, -0.2) is 9.18 Å². The van der Waals surface area contributed by atoms with Gasteiger partial charge in [0.05, 0.1) is 16.3 Å². The first kappa shape index (κ1) is 23.4. The van der Waals surface area contributed by atoms with Crippen LogP contribution in [0.2, 0.25) is 5.02 Å². The minimum absolute atomic E-state index is 0.0535. The molecule has 0 saturated heterocycles. The predicted octanol–water partition coefficient (Wildman–Crippen LogP) is 3.62. The summed E-state index contributed by atoms with van der Waals surface area (Å²) >= 11 is 6.16. The largest absolute Gasteiger partial charge is 0.331 e. The molecule has 8 nitrogen and oxygen atoms in total. The molecule has 2 amide bonds. The number of aromatic amines is 1. The van der Waals surface area contributed by atoms with Crippen molar-refractivity contribution >= 4 is 29.3 Å². The van der Waals surface area contributed by atoms with Gasteiger partial charge in [0.25, 0.3) is 5.56 Å². The molecule has 1 heterocycles. The van der Waals surface area contributed by atoms with E-state index in [4.69, 9.17) is 17.3 Å². The fourth-order valence-corrected chi connectivity index (χ4v) is 3.18. The molecule has 0 fully saturated rings. The first-order chi connectivity index (χ1) is 15.4. The van der Waals surface area contributed by atoms with Crippen LogP contribution in [0, 0.1) is 12.7 Å². The molecule has 168 valence electrons. The van der Waals surface area contributed by atoms with Crippen LogP contribution >= 0.6 is 11.6 Å². The molecule has 6 N–H and O–H groups in total. The van der Waals surface area contributed by atoms with Gasteiger partial charge < -0.3 is 21.4 Å². The van der Waals surface area contributed by atoms with Crippen molar-refractivity contribution in [3.05, 3.63) is 74.9 Å². The van der Waals surface area contributed by atoms with Crippen molar-refractivity contribution in [1.82, 2.24) is 15.3 Å². The highest BCUT2D eigenvalue weighted by molar-refractivity contribution is 6.34. The summed E-state index contributed by atoms with van der Waals surface area (Å²) in [7, 11) is 0. The van der Waals surface area contributed by atoms with E-state index in [1.807, 2.05) is 13.0 Å². The Morgan fingerprint density at radius 2 is 2.03 bits per heavy atom. The summed E-state index contributed by atoms with van der Waals surface area (Å²) in [6.07, 6.45) is 2.14. The number of H-pyrrole nitrogens is 1. The highest BCUT2D eigenvalue weighted by atomic mass is 35.5. The third-order valence-electron chi connectivity index (χ3n) is 4.68. The number of hydrogen-bond donors (Lipinski definition) is 5. The van der Waals surface area contributed by atoms with Crippen LogP contribution in [0.5, 0.6) is 0 Å². The van der Waals surface area contributed by atoms with Crippen LogP contribution in [-0.4, -0.2) is 29.1 Å². The van der Waals surface area contributed by atoms with Crippen LogP contribution in [0.15, 0.2) is 47.4 Å². The maximum absolute atomic E-state index is 14.6. The Kier molecular flexibility index (Phi) is 7.93. The summed E-state index contributed by atoms with van der Waals surface area (Å²) in [6.45, 7) is 3.63. The Morgan fingerprint density at radius 1 is 1.22 bits per heavy atom. The smallest absolute Gasteiger partial charge is 0.326 e. The SMILES string of the molecule is Cc1cccc(NC(=O)Nc2nc(=O)c(-c3ccc(CNCCCN)cc3F)c[nH]2)c1Cl. The Bertz CT molecular complexity index is 1170. The number of nitrogens with two attached hydrogens (primary N) is 1. The lowest BCUT2D eigenvalue weighted by Gasteiger charge is -2.10. The van der Waals surface area contributed by atoms with Gasteiger partial charge in [-0.1, -0.05) is 35.9 Å². The lowest BCUT2D eigenvalue weighted by atomic mass is 10.1. The van der Waals surface area contributed by atoms with Crippen molar-refractivity contribution in [2.45, 2.75) is 19.9 Å². The number of amides is 2. The van der Waals surface area contributed by atoms with E-state index in [2.05, 4.69) is 25.9 Å². The Labute approximate surface area is 189 Å². The van der Waals surface area contributed by atoms with Gasteiger partial charge in [0.1, 0.15) is 5.82 Å². The third-order valence-corrected chi connectivity index (χ3v) is 5.18. The fourth-order valence-electron chi connectivity index (χ4n) is 3.01. The van der Waals surface area contributed by atoms with Crippen LogP contribution in [0.1, 0.15) is 17.5 Å². The monoisotopic (exact) mass is 458 g/mol. The van der Waals surface area contributed by atoms with Gasteiger partial charge in [0, 0.05) is 18.3 Å². The minimum atomic E-state index is -0.680. The van der Waals surface area contributed by atoms with E-state index in [0.717, 1.165) is 24.1 Å². The normalized spacial score (nSPS) is 10.8. The summed E-state index contributed by atoms with van der Waals surface area (Å²) in [5.74, 6) is -0.621. The number of aromatic nitrogens is 2. The zero-order valence-electron chi connectivity index (χ0n) is 17.5. The summed E-state index contributed by atoms with van der Waals surface area (Å²) in [5, 5.41) is 8.59. The van der Waals surface area contributed by atoms with E-state index in [1.165, 1.54) is 18.3 Å². The molecule has 0 saturated carbocycles. The van der Waals surface area contributed by atoms with E-state index >= 15 is 0 Å². The van der Waals surface area contributed by atoms with Crippen molar-refractivity contribution in [2.75, 3.05) is 23.7 Å². The average Bonchev–Trinajstić information content (AvgIpc) is 2.75. The van der Waals surface area contributed by atoms with E-state index in [0.29, 0.717) is 23.8 Å². The minimum Gasteiger partial charge on any atom is -0.331 e. The number of anilines is 2. The highest BCUT2D eigenvalue weighted by Crippen LogP contribution is 2.25. The molecule has 0 bridgehead atoms. The van der Waals surface area contributed by atoms with E-state index in [1.54, 1.807) is 18.2 Å². The number of aryl methyl sites for hydroxylation is 1. The summed E-state index contributed by atoms with van der Waals surface area (Å²) in [6, 6.07) is 9.21. The molecule has 1 aromatic heterocycles. The van der Waals surface area contributed by atoms with Gasteiger partial charge >= 0.3 is 6.03 Å². The van der Waals surface area contributed by atoms with Crippen molar-refractivity contribution in [2.24, 2.45) is 5.73 Å². The number of nitrogens with zero attached hydrogens (tertiary/aromatic N) is 1. The number of hydrogen-bond acceptors (Lipinski definition) is 5. The molecule has 0 unspecified atom stereocenters. The van der Waals surface area contributed by atoms with Crippen LogP contribution in [0.25, 0.3) is 11.1 Å². The second-order valence-corrected chi connectivity index (χ2v) is 7.49. The quantitative estimate of drug-likeness (QED) is 0.330. The van der Waals surface area contributed by atoms with E-state index in [9.17, 15) is 14.0 Å². The van der Waals surface area contributed by atoms with Gasteiger partial charge in [-0.3, -0.25) is 10.1 Å². The number of nitrogens with one attached hydrogen (secondary N) is 4. The summed E-state index contributed by atoms with van der Waals surface area (Å²) in [4.78, 5) is 31.2. The molecule has 0 spiro atoms. The molecule has 2 aromatic carbocycles. The summed E-state index contributed by atoms with van der Waals surface area (Å²) in [5.41, 5.74) is 6.91. The number of carbonyl (C=O) groups excluding carboxylic acids is 1. The van der Waals surface area contributed by atoms with E-state index in [-0.39, 0.29) is 17.1 Å². The molecule has 10 heteroatoms. The Balaban J connectivity index is 1.69. The zero-order chi connectivity index (χ0) is 23.1. The lowest BCUT2D eigenvalue weighted by molar-refractivity contribution is 0.262. The topological polar surface area (TPSA) is 125 Å². The number of rotatable bonds is 8. The number of benzene rings is 2.